The number of likely N-dealkylation sites (tertiary alicyclic amines) is 1. The Bertz CT molecular complexity index is 1200. The number of hydrogen-bond donors (Lipinski definition) is 0. The first-order chi connectivity index (χ1) is 16.3. The van der Waals surface area contributed by atoms with Gasteiger partial charge in [0.15, 0.2) is 0 Å². The molecule has 2 aliphatic rings. The van der Waals surface area contributed by atoms with Gasteiger partial charge in [-0.2, -0.15) is 8.42 Å². The van der Waals surface area contributed by atoms with Crippen molar-refractivity contribution in [2.75, 3.05) is 19.3 Å². The maximum Gasteiger partial charge on any atom is 0.410 e. The average molecular weight is 507 g/mol. The van der Waals surface area contributed by atoms with Crippen molar-refractivity contribution in [1.82, 2.24) is 9.88 Å². The Morgan fingerprint density at radius 1 is 1.20 bits per heavy atom. The fourth-order valence-corrected chi connectivity index (χ4v) is 4.70. The number of benzene rings is 1. The second kappa shape index (κ2) is 9.39. The molecule has 2 aromatic rings. The van der Waals surface area contributed by atoms with E-state index >= 15 is 4.39 Å². The van der Waals surface area contributed by atoms with Gasteiger partial charge in [0.1, 0.15) is 22.8 Å². The van der Waals surface area contributed by atoms with Crippen LogP contribution in [0.15, 0.2) is 30.5 Å². The van der Waals surface area contributed by atoms with E-state index in [0.717, 1.165) is 24.7 Å². The molecule has 0 atom stereocenters. The molecule has 0 saturated carbocycles. The summed E-state index contributed by atoms with van der Waals surface area (Å²) in [5, 5.41) is 0. The molecular weight excluding hydrogens is 475 g/mol. The molecule has 1 saturated heterocycles. The number of rotatable bonds is 4. The topological polar surface area (TPSA) is 95.0 Å². The molecule has 1 spiro atoms. The van der Waals surface area contributed by atoms with E-state index in [1.165, 1.54) is 12.3 Å². The number of nitrogens with zero attached hydrogens (tertiary/aromatic N) is 2. The van der Waals surface area contributed by atoms with E-state index in [-0.39, 0.29) is 12.7 Å². The first-order valence-corrected chi connectivity index (χ1v) is 13.4. The maximum atomic E-state index is 15.1. The highest BCUT2D eigenvalue weighted by molar-refractivity contribution is 7.85. The lowest BCUT2D eigenvalue weighted by Crippen LogP contribution is -2.52. The minimum Gasteiger partial charge on any atom is -0.487 e. The fraction of sp³-hybridized carbons (Fsp3) is 0.520. The summed E-state index contributed by atoms with van der Waals surface area (Å²) in [5.74, 6) is 0.0843. The van der Waals surface area contributed by atoms with E-state index in [0.29, 0.717) is 48.5 Å². The number of aromatic nitrogens is 1. The van der Waals surface area contributed by atoms with E-state index in [9.17, 15) is 13.2 Å². The molecule has 4 rings (SSSR count). The maximum absolute atomic E-state index is 15.1. The summed E-state index contributed by atoms with van der Waals surface area (Å²) < 4.78 is 53.9. The average Bonchev–Trinajstić information content (AvgIpc) is 2.76. The third kappa shape index (κ3) is 6.29. The number of pyridine rings is 1. The van der Waals surface area contributed by atoms with Gasteiger partial charge in [-0.05, 0) is 56.9 Å². The number of carbonyl (C=O) groups excluding carboxylic acids is 1. The van der Waals surface area contributed by atoms with Crippen molar-refractivity contribution in [1.29, 1.82) is 0 Å². The number of amides is 1. The number of piperidine rings is 1. The number of carbonyl (C=O) groups is 1. The standard InChI is InChI=1S/C25H31FN2O6S/c1-24(2,3)34-23(29)28-11-9-25(10-12-28)8-7-18-13-19(20(26)14-22(18)33-25)21-6-5-17(15-27-21)16-32-35(4,30)31/h5-6,13-15H,7-12,16H2,1-4H3. The molecule has 190 valence electrons. The zero-order chi connectivity index (χ0) is 25.4. The molecule has 0 aliphatic carbocycles. The third-order valence-corrected chi connectivity index (χ3v) is 6.74. The lowest BCUT2D eigenvalue weighted by Gasteiger charge is -2.44. The van der Waals surface area contributed by atoms with Crippen LogP contribution < -0.4 is 4.74 Å². The van der Waals surface area contributed by atoms with Crippen LogP contribution in [0, 0.1) is 5.82 Å². The van der Waals surface area contributed by atoms with Gasteiger partial charge in [-0.1, -0.05) is 6.07 Å². The summed E-state index contributed by atoms with van der Waals surface area (Å²) in [6.07, 6.45) is 4.97. The first kappa shape index (κ1) is 25.4. The minimum atomic E-state index is -3.56. The summed E-state index contributed by atoms with van der Waals surface area (Å²) >= 11 is 0. The summed E-state index contributed by atoms with van der Waals surface area (Å²) in [7, 11) is -3.56. The van der Waals surface area contributed by atoms with Crippen molar-refractivity contribution in [3.05, 3.63) is 47.4 Å². The molecule has 0 bridgehead atoms. The molecule has 2 aliphatic heterocycles. The molecule has 1 fully saturated rings. The van der Waals surface area contributed by atoms with Crippen molar-refractivity contribution in [3.63, 3.8) is 0 Å². The smallest absolute Gasteiger partial charge is 0.410 e. The van der Waals surface area contributed by atoms with Gasteiger partial charge < -0.3 is 14.4 Å². The molecule has 0 unspecified atom stereocenters. The predicted molar refractivity (Wildman–Crippen MR) is 128 cm³/mol. The molecule has 0 radical (unpaired) electrons. The second-order valence-corrected chi connectivity index (χ2v) is 11.9. The summed E-state index contributed by atoms with van der Waals surface area (Å²) in [4.78, 5) is 18.4. The highest BCUT2D eigenvalue weighted by Gasteiger charge is 2.41. The molecule has 0 N–H and O–H groups in total. The van der Waals surface area contributed by atoms with Crippen molar-refractivity contribution in [3.8, 4) is 17.0 Å². The number of ether oxygens (including phenoxy) is 2. The third-order valence-electron chi connectivity index (χ3n) is 6.19. The molecule has 1 aromatic carbocycles. The van der Waals surface area contributed by atoms with Crippen LogP contribution >= 0.6 is 0 Å². The number of aryl methyl sites for hydroxylation is 1. The van der Waals surface area contributed by atoms with Crippen molar-refractivity contribution >= 4 is 16.2 Å². The molecule has 8 nitrogen and oxygen atoms in total. The minimum absolute atomic E-state index is 0.125. The van der Waals surface area contributed by atoms with Gasteiger partial charge in [0, 0.05) is 43.8 Å². The Kier molecular flexibility index (Phi) is 6.80. The van der Waals surface area contributed by atoms with Crippen LogP contribution in [-0.2, 0) is 32.1 Å². The van der Waals surface area contributed by atoms with E-state index in [1.807, 2.05) is 20.8 Å². The van der Waals surface area contributed by atoms with E-state index < -0.39 is 27.1 Å². The van der Waals surface area contributed by atoms with Crippen LogP contribution in [0.2, 0.25) is 0 Å². The van der Waals surface area contributed by atoms with Crippen LogP contribution in [0.1, 0.15) is 51.2 Å². The SMILES string of the molecule is CC(C)(C)OC(=O)N1CCC2(CCc3cc(-c4ccc(COS(C)(=O)=O)cn4)c(F)cc3O2)CC1. The molecule has 3 heterocycles. The summed E-state index contributed by atoms with van der Waals surface area (Å²) in [6, 6.07) is 6.48. The Labute approximate surface area is 205 Å². The Balaban J connectivity index is 1.44. The van der Waals surface area contributed by atoms with Gasteiger partial charge in [-0.3, -0.25) is 9.17 Å². The highest BCUT2D eigenvalue weighted by atomic mass is 32.2. The molecule has 1 amide bonds. The lowest BCUT2D eigenvalue weighted by molar-refractivity contribution is -0.0273. The zero-order valence-electron chi connectivity index (χ0n) is 20.5. The van der Waals surface area contributed by atoms with E-state index in [2.05, 4.69) is 4.98 Å². The number of fused-ring (bicyclic) bond motifs is 1. The lowest BCUT2D eigenvalue weighted by atomic mass is 9.83. The van der Waals surface area contributed by atoms with Crippen molar-refractivity contribution in [2.45, 2.75) is 64.3 Å². The Morgan fingerprint density at radius 3 is 2.51 bits per heavy atom. The fourth-order valence-electron chi connectivity index (χ4n) is 4.35. The second-order valence-electron chi connectivity index (χ2n) is 10.2. The summed E-state index contributed by atoms with van der Waals surface area (Å²) in [6.45, 7) is 6.47. The van der Waals surface area contributed by atoms with Crippen LogP contribution in [0.5, 0.6) is 5.75 Å². The Morgan fingerprint density at radius 2 is 1.91 bits per heavy atom. The monoisotopic (exact) mass is 506 g/mol. The highest BCUT2D eigenvalue weighted by Crippen LogP contribution is 2.41. The molecule has 10 heteroatoms. The zero-order valence-corrected chi connectivity index (χ0v) is 21.3. The predicted octanol–water partition coefficient (Wildman–Crippen LogP) is 4.46. The van der Waals surface area contributed by atoms with Gasteiger partial charge in [-0.15, -0.1) is 0 Å². The van der Waals surface area contributed by atoms with Crippen molar-refractivity contribution < 1.29 is 31.3 Å². The molecule has 35 heavy (non-hydrogen) atoms. The van der Waals surface area contributed by atoms with Crippen LogP contribution in [0.3, 0.4) is 0 Å². The first-order valence-electron chi connectivity index (χ1n) is 11.6. The quantitative estimate of drug-likeness (QED) is 0.565. The van der Waals surface area contributed by atoms with E-state index in [4.69, 9.17) is 13.7 Å². The Hall–Kier alpha value is -2.72. The van der Waals surface area contributed by atoms with Gasteiger partial charge >= 0.3 is 6.09 Å². The number of halogens is 1. The molecular formula is C25H31FN2O6S. The summed E-state index contributed by atoms with van der Waals surface area (Å²) in [5.41, 5.74) is 1.33. The van der Waals surface area contributed by atoms with Gasteiger partial charge in [0.05, 0.1) is 18.6 Å². The molecule has 1 aromatic heterocycles. The van der Waals surface area contributed by atoms with Crippen LogP contribution in [0.25, 0.3) is 11.3 Å². The van der Waals surface area contributed by atoms with Crippen LogP contribution in [-0.4, -0.2) is 54.9 Å². The van der Waals surface area contributed by atoms with Gasteiger partial charge in [0.2, 0.25) is 0 Å². The number of hydrogen-bond acceptors (Lipinski definition) is 7. The normalized spacial score (nSPS) is 17.6. The van der Waals surface area contributed by atoms with Crippen LogP contribution in [0.4, 0.5) is 9.18 Å². The van der Waals surface area contributed by atoms with Gasteiger partial charge in [0.25, 0.3) is 10.1 Å². The van der Waals surface area contributed by atoms with Crippen molar-refractivity contribution in [2.24, 2.45) is 0 Å². The van der Waals surface area contributed by atoms with Gasteiger partial charge in [-0.25, -0.2) is 9.18 Å². The largest absolute Gasteiger partial charge is 0.487 e. The van der Waals surface area contributed by atoms with E-state index in [1.54, 1.807) is 23.1 Å².